The minimum atomic E-state index is 0.153. The molecule has 0 fully saturated rings. The smallest absolute Gasteiger partial charge is 0.220 e. The quantitative estimate of drug-likeness (QED) is 0.614. The summed E-state index contributed by atoms with van der Waals surface area (Å²) in [5.41, 5.74) is 0. The largest absolute Gasteiger partial charge is 0.354 e. The Labute approximate surface area is 81.3 Å². The van der Waals surface area contributed by atoms with Crippen molar-refractivity contribution in [2.24, 2.45) is 0 Å². The van der Waals surface area contributed by atoms with E-state index in [9.17, 15) is 4.79 Å². The molecule has 0 spiro atoms. The van der Waals surface area contributed by atoms with Crippen LogP contribution < -0.4 is 10.6 Å². The first-order chi connectivity index (χ1) is 6.02. The molecule has 0 aromatic carbocycles. The molecule has 0 radical (unpaired) electrons. The lowest BCUT2D eigenvalue weighted by molar-refractivity contribution is -0.121. The molecule has 78 valence electrons. The first kappa shape index (κ1) is 12.4. The number of hydrogen-bond acceptors (Lipinski definition) is 2. The highest BCUT2D eigenvalue weighted by Crippen LogP contribution is 1.89. The molecule has 3 nitrogen and oxygen atoms in total. The van der Waals surface area contributed by atoms with E-state index < -0.39 is 0 Å². The standard InChI is InChI=1S/C10H22N2O/c1-8(2)11-7-5-6-10(13)12-9(3)4/h8-9,11H,5-7H2,1-4H3,(H,12,13). The molecule has 0 saturated carbocycles. The first-order valence-electron chi connectivity index (χ1n) is 5.05. The fourth-order valence-corrected chi connectivity index (χ4v) is 1.03. The van der Waals surface area contributed by atoms with Gasteiger partial charge in [-0.25, -0.2) is 0 Å². The second-order valence-corrected chi connectivity index (χ2v) is 3.93. The van der Waals surface area contributed by atoms with Crippen LogP contribution in [-0.2, 0) is 4.79 Å². The van der Waals surface area contributed by atoms with E-state index in [0.717, 1.165) is 13.0 Å². The molecule has 0 unspecified atom stereocenters. The number of carbonyl (C=O) groups excluding carboxylic acids is 1. The van der Waals surface area contributed by atoms with Gasteiger partial charge in [-0.3, -0.25) is 4.79 Å². The van der Waals surface area contributed by atoms with Gasteiger partial charge in [0.1, 0.15) is 0 Å². The molecule has 0 aromatic heterocycles. The SMILES string of the molecule is CC(C)NCCCC(=O)NC(C)C. The highest BCUT2D eigenvalue weighted by Gasteiger charge is 2.02. The fraction of sp³-hybridized carbons (Fsp3) is 0.900. The summed E-state index contributed by atoms with van der Waals surface area (Å²) >= 11 is 0. The van der Waals surface area contributed by atoms with Crippen LogP contribution in [0.4, 0.5) is 0 Å². The zero-order chi connectivity index (χ0) is 10.3. The summed E-state index contributed by atoms with van der Waals surface area (Å²) in [7, 11) is 0. The van der Waals surface area contributed by atoms with Crippen LogP contribution in [0.25, 0.3) is 0 Å². The van der Waals surface area contributed by atoms with E-state index in [1.54, 1.807) is 0 Å². The molecule has 0 heterocycles. The Morgan fingerprint density at radius 1 is 1.15 bits per heavy atom. The Hall–Kier alpha value is -0.570. The molecular formula is C10H22N2O. The van der Waals surface area contributed by atoms with Gasteiger partial charge in [0.15, 0.2) is 0 Å². The third-order valence-electron chi connectivity index (χ3n) is 1.58. The van der Waals surface area contributed by atoms with Crippen LogP contribution in [0, 0.1) is 0 Å². The van der Waals surface area contributed by atoms with Crippen LogP contribution in [0.5, 0.6) is 0 Å². The molecule has 13 heavy (non-hydrogen) atoms. The van der Waals surface area contributed by atoms with E-state index in [4.69, 9.17) is 0 Å². The van der Waals surface area contributed by atoms with Gasteiger partial charge in [-0.05, 0) is 26.8 Å². The summed E-state index contributed by atoms with van der Waals surface area (Å²) in [6.07, 6.45) is 1.54. The van der Waals surface area contributed by atoms with Crippen molar-refractivity contribution in [2.75, 3.05) is 6.54 Å². The van der Waals surface area contributed by atoms with Gasteiger partial charge in [0.2, 0.25) is 5.91 Å². The van der Waals surface area contributed by atoms with Crippen molar-refractivity contribution >= 4 is 5.91 Å². The van der Waals surface area contributed by atoms with Crippen LogP contribution in [0.2, 0.25) is 0 Å². The van der Waals surface area contributed by atoms with Gasteiger partial charge in [-0.2, -0.15) is 0 Å². The minimum absolute atomic E-state index is 0.153. The molecular weight excluding hydrogens is 164 g/mol. The lowest BCUT2D eigenvalue weighted by atomic mass is 10.2. The number of rotatable bonds is 6. The summed E-state index contributed by atoms with van der Waals surface area (Å²) in [6, 6.07) is 0.763. The Morgan fingerprint density at radius 2 is 1.77 bits per heavy atom. The lowest BCUT2D eigenvalue weighted by Crippen LogP contribution is -2.31. The van der Waals surface area contributed by atoms with Crippen molar-refractivity contribution in [1.29, 1.82) is 0 Å². The predicted molar refractivity (Wildman–Crippen MR) is 55.7 cm³/mol. The summed E-state index contributed by atoms with van der Waals surface area (Å²) in [5, 5.41) is 6.14. The molecule has 3 heteroatoms. The minimum Gasteiger partial charge on any atom is -0.354 e. The summed E-state index contributed by atoms with van der Waals surface area (Å²) < 4.78 is 0. The maximum atomic E-state index is 11.2. The van der Waals surface area contributed by atoms with E-state index in [-0.39, 0.29) is 11.9 Å². The van der Waals surface area contributed by atoms with Crippen molar-refractivity contribution in [3.05, 3.63) is 0 Å². The summed E-state index contributed by atoms with van der Waals surface area (Å²) in [6.45, 7) is 9.08. The number of amides is 1. The van der Waals surface area contributed by atoms with Crippen LogP contribution >= 0.6 is 0 Å². The van der Waals surface area contributed by atoms with Gasteiger partial charge in [0.05, 0.1) is 0 Å². The topological polar surface area (TPSA) is 41.1 Å². The van der Waals surface area contributed by atoms with Crippen LogP contribution in [0.3, 0.4) is 0 Å². The van der Waals surface area contributed by atoms with Crippen molar-refractivity contribution < 1.29 is 4.79 Å². The van der Waals surface area contributed by atoms with Crippen LogP contribution in [0.1, 0.15) is 40.5 Å². The molecule has 0 saturated heterocycles. The number of carbonyl (C=O) groups is 1. The molecule has 0 bridgehead atoms. The Kier molecular flexibility index (Phi) is 6.59. The van der Waals surface area contributed by atoms with E-state index in [1.807, 2.05) is 13.8 Å². The molecule has 0 aromatic rings. The maximum absolute atomic E-state index is 11.2. The van der Waals surface area contributed by atoms with E-state index in [1.165, 1.54) is 0 Å². The van der Waals surface area contributed by atoms with E-state index in [2.05, 4.69) is 24.5 Å². The van der Waals surface area contributed by atoms with Crippen LogP contribution in [-0.4, -0.2) is 24.5 Å². The van der Waals surface area contributed by atoms with Gasteiger partial charge in [-0.15, -0.1) is 0 Å². The maximum Gasteiger partial charge on any atom is 0.220 e. The Morgan fingerprint density at radius 3 is 2.23 bits per heavy atom. The normalized spacial score (nSPS) is 10.9. The van der Waals surface area contributed by atoms with E-state index >= 15 is 0 Å². The molecule has 1 amide bonds. The molecule has 0 aliphatic carbocycles. The average molecular weight is 186 g/mol. The van der Waals surface area contributed by atoms with Gasteiger partial charge < -0.3 is 10.6 Å². The highest BCUT2D eigenvalue weighted by atomic mass is 16.1. The van der Waals surface area contributed by atoms with Gasteiger partial charge in [0, 0.05) is 18.5 Å². The fourth-order valence-electron chi connectivity index (χ4n) is 1.03. The van der Waals surface area contributed by atoms with Crippen molar-refractivity contribution in [3.8, 4) is 0 Å². The second-order valence-electron chi connectivity index (χ2n) is 3.93. The molecule has 0 aliphatic heterocycles. The van der Waals surface area contributed by atoms with Gasteiger partial charge in [-0.1, -0.05) is 13.8 Å². The Balaban J connectivity index is 3.27. The molecule has 0 aliphatic rings. The monoisotopic (exact) mass is 186 g/mol. The second kappa shape index (κ2) is 6.89. The van der Waals surface area contributed by atoms with Gasteiger partial charge in [0.25, 0.3) is 0 Å². The third kappa shape index (κ3) is 9.34. The summed E-state index contributed by atoms with van der Waals surface area (Å²) in [5.74, 6) is 0.153. The van der Waals surface area contributed by atoms with Crippen molar-refractivity contribution in [2.45, 2.75) is 52.6 Å². The summed E-state index contributed by atoms with van der Waals surface area (Å²) in [4.78, 5) is 11.2. The molecule has 0 atom stereocenters. The first-order valence-corrected chi connectivity index (χ1v) is 5.05. The zero-order valence-electron chi connectivity index (χ0n) is 9.18. The van der Waals surface area contributed by atoms with Crippen molar-refractivity contribution in [1.82, 2.24) is 10.6 Å². The molecule has 0 rings (SSSR count). The lowest BCUT2D eigenvalue weighted by Gasteiger charge is -2.09. The average Bonchev–Trinajstić information content (AvgIpc) is 1.96. The van der Waals surface area contributed by atoms with Crippen molar-refractivity contribution in [3.63, 3.8) is 0 Å². The highest BCUT2D eigenvalue weighted by molar-refractivity contribution is 5.76. The predicted octanol–water partition coefficient (Wildman–Crippen LogP) is 1.29. The Bertz CT molecular complexity index is 144. The molecule has 2 N–H and O–H groups in total. The van der Waals surface area contributed by atoms with Gasteiger partial charge >= 0.3 is 0 Å². The third-order valence-corrected chi connectivity index (χ3v) is 1.58. The zero-order valence-corrected chi connectivity index (χ0v) is 9.18. The number of hydrogen-bond donors (Lipinski definition) is 2. The van der Waals surface area contributed by atoms with E-state index in [0.29, 0.717) is 12.5 Å². The number of nitrogens with one attached hydrogen (secondary N) is 2. The van der Waals surface area contributed by atoms with Crippen LogP contribution in [0.15, 0.2) is 0 Å².